The number of hydrogen-bond donors (Lipinski definition) is 1. The van der Waals surface area contributed by atoms with Crippen LogP contribution in [0, 0.1) is 6.92 Å². The van der Waals surface area contributed by atoms with Gasteiger partial charge in [-0.3, -0.25) is 4.79 Å². The number of fused-ring (bicyclic) bond motifs is 1. The normalized spacial score (nSPS) is 18.3. The molecule has 0 saturated carbocycles. The first-order valence-electron chi connectivity index (χ1n) is 9.84. The minimum Gasteiger partial charge on any atom is -0.378 e. The second-order valence-electron chi connectivity index (χ2n) is 7.81. The third kappa shape index (κ3) is 2.97. The lowest BCUT2D eigenvalue weighted by Gasteiger charge is -2.31. The van der Waals surface area contributed by atoms with E-state index in [1.54, 1.807) is 11.3 Å². The molecule has 148 valence electrons. The van der Waals surface area contributed by atoms with Crippen LogP contribution in [-0.2, 0) is 4.79 Å². The molecule has 1 N–H and O–H groups in total. The Bertz CT molecular complexity index is 1120. The molecule has 0 fully saturated rings. The molecule has 29 heavy (non-hydrogen) atoms. The summed E-state index contributed by atoms with van der Waals surface area (Å²) in [7, 11) is 4.04. The van der Waals surface area contributed by atoms with Crippen LogP contribution in [0.4, 0.5) is 11.6 Å². The van der Waals surface area contributed by atoms with Crippen molar-refractivity contribution in [1.82, 2.24) is 14.8 Å². The highest BCUT2D eigenvalue weighted by atomic mass is 32.1. The number of aryl methyl sites for hydroxylation is 1. The monoisotopic (exact) mass is 405 g/mol. The zero-order valence-electron chi connectivity index (χ0n) is 16.8. The molecule has 3 heterocycles. The van der Waals surface area contributed by atoms with E-state index < -0.39 is 0 Å². The van der Waals surface area contributed by atoms with Crippen LogP contribution in [0.25, 0.3) is 11.4 Å². The molecular weight excluding hydrogens is 382 g/mol. The highest BCUT2D eigenvalue weighted by molar-refractivity contribution is 7.10. The summed E-state index contributed by atoms with van der Waals surface area (Å²) in [4.78, 5) is 20.9. The number of thiophene rings is 1. The standard InChI is InChI=1S/C22H23N5OS/c1-13-11-12-29-20(13)19-18-16(5-4-6-17(18)28)23-22-24-21(25-27(19)22)14-7-9-15(10-8-14)26(2)3/h7-12,19H,4-6H2,1-3H3,(H,23,24,25). The minimum absolute atomic E-state index is 0.198. The third-order valence-corrected chi connectivity index (χ3v) is 6.73. The van der Waals surface area contributed by atoms with E-state index in [-0.39, 0.29) is 11.8 Å². The fourth-order valence-corrected chi connectivity index (χ4v) is 5.11. The SMILES string of the molecule is Cc1ccsc1C1C2=C(CCCC2=O)Nc2nc(-c3ccc(N(C)C)cc3)nn21. The fraction of sp³-hybridized carbons (Fsp3) is 0.318. The molecule has 0 radical (unpaired) electrons. The van der Waals surface area contributed by atoms with Gasteiger partial charge in [-0.25, -0.2) is 4.68 Å². The van der Waals surface area contributed by atoms with Crippen LogP contribution in [0.15, 0.2) is 47.0 Å². The average molecular weight is 406 g/mol. The Kier molecular flexibility index (Phi) is 4.28. The highest BCUT2D eigenvalue weighted by Gasteiger charge is 2.38. The number of allylic oxidation sites excluding steroid dienone is 2. The molecule has 5 rings (SSSR count). The minimum atomic E-state index is -0.198. The van der Waals surface area contributed by atoms with Gasteiger partial charge in [0, 0.05) is 47.9 Å². The van der Waals surface area contributed by atoms with Crippen molar-refractivity contribution in [2.24, 2.45) is 0 Å². The van der Waals surface area contributed by atoms with Crippen LogP contribution in [-0.4, -0.2) is 34.6 Å². The Morgan fingerprint density at radius 1 is 1.17 bits per heavy atom. The van der Waals surface area contributed by atoms with E-state index >= 15 is 0 Å². The number of hydrogen-bond acceptors (Lipinski definition) is 6. The summed E-state index contributed by atoms with van der Waals surface area (Å²) in [5, 5.41) is 10.3. The van der Waals surface area contributed by atoms with Gasteiger partial charge in [-0.15, -0.1) is 16.4 Å². The van der Waals surface area contributed by atoms with E-state index in [4.69, 9.17) is 10.1 Å². The second-order valence-corrected chi connectivity index (χ2v) is 8.76. The van der Waals surface area contributed by atoms with Crippen LogP contribution in [0.1, 0.15) is 35.7 Å². The number of ketones is 1. The number of anilines is 2. The van der Waals surface area contributed by atoms with Crippen molar-refractivity contribution in [3.63, 3.8) is 0 Å². The smallest absolute Gasteiger partial charge is 0.226 e. The lowest BCUT2D eigenvalue weighted by molar-refractivity contribution is -0.116. The summed E-state index contributed by atoms with van der Waals surface area (Å²) in [6.45, 7) is 2.10. The van der Waals surface area contributed by atoms with Crippen molar-refractivity contribution in [3.8, 4) is 11.4 Å². The van der Waals surface area contributed by atoms with Crippen LogP contribution >= 0.6 is 11.3 Å². The highest BCUT2D eigenvalue weighted by Crippen LogP contribution is 2.43. The lowest BCUT2D eigenvalue weighted by atomic mass is 9.87. The molecule has 3 aromatic rings. The molecule has 0 saturated heterocycles. The summed E-state index contributed by atoms with van der Waals surface area (Å²) in [5.41, 5.74) is 5.14. The van der Waals surface area contributed by atoms with E-state index in [1.165, 1.54) is 5.56 Å². The molecule has 0 bridgehead atoms. The first-order chi connectivity index (χ1) is 14.0. The molecule has 1 unspecified atom stereocenters. The number of carbonyl (C=O) groups is 1. The molecule has 1 aliphatic heterocycles. The quantitative estimate of drug-likeness (QED) is 0.700. The van der Waals surface area contributed by atoms with Crippen LogP contribution in [0.3, 0.4) is 0 Å². The van der Waals surface area contributed by atoms with Gasteiger partial charge in [0.05, 0.1) is 0 Å². The topological polar surface area (TPSA) is 63.1 Å². The summed E-state index contributed by atoms with van der Waals surface area (Å²) in [5.74, 6) is 1.60. The maximum atomic E-state index is 12.9. The average Bonchev–Trinajstić information content (AvgIpc) is 3.32. The van der Waals surface area contributed by atoms with Gasteiger partial charge in [0.2, 0.25) is 5.95 Å². The first-order valence-corrected chi connectivity index (χ1v) is 10.7. The number of nitrogens with one attached hydrogen (secondary N) is 1. The van der Waals surface area contributed by atoms with E-state index in [2.05, 4.69) is 40.7 Å². The van der Waals surface area contributed by atoms with Gasteiger partial charge in [-0.05, 0) is 61.0 Å². The van der Waals surface area contributed by atoms with E-state index in [1.807, 2.05) is 30.9 Å². The maximum absolute atomic E-state index is 12.9. The van der Waals surface area contributed by atoms with E-state index in [9.17, 15) is 4.79 Å². The van der Waals surface area contributed by atoms with Gasteiger partial charge in [0.1, 0.15) is 6.04 Å². The van der Waals surface area contributed by atoms with E-state index in [0.717, 1.165) is 40.2 Å². The maximum Gasteiger partial charge on any atom is 0.226 e. The van der Waals surface area contributed by atoms with E-state index in [0.29, 0.717) is 18.2 Å². The summed E-state index contributed by atoms with van der Waals surface area (Å²) in [6.07, 6.45) is 2.36. The first kappa shape index (κ1) is 18.1. The predicted octanol–water partition coefficient (Wildman–Crippen LogP) is 4.40. The molecule has 7 heteroatoms. The van der Waals surface area contributed by atoms with Gasteiger partial charge in [0.25, 0.3) is 0 Å². The fourth-order valence-electron chi connectivity index (χ4n) is 4.09. The Morgan fingerprint density at radius 3 is 2.66 bits per heavy atom. The Hall–Kier alpha value is -2.93. The molecule has 6 nitrogen and oxygen atoms in total. The van der Waals surface area contributed by atoms with Crippen LogP contribution in [0.5, 0.6) is 0 Å². The molecule has 1 atom stereocenters. The summed E-state index contributed by atoms with van der Waals surface area (Å²) in [6, 6.07) is 10.1. The summed E-state index contributed by atoms with van der Waals surface area (Å²) >= 11 is 1.68. The Morgan fingerprint density at radius 2 is 1.97 bits per heavy atom. The molecular formula is C22H23N5OS. The van der Waals surface area contributed by atoms with Crippen molar-refractivity contribution in [3.05, 3.63) is 57.4 Å². The number of carbonyl (C=O) groups excluding carboxylic acids is 1. The van der Waals surface area contributed by atoms with Crippen molar-refractivity contribution in [1.29, 1.82) is 0 Å². The Labute approximate surface area is 173 Å². The van der Waals surface area contributed by atoms with Crippen LogP contribution in [0.2, 0.25) is 0 Å². The number of benzene rings is 1. The molecule has 2 aromatic heterocycles. The van der Waals surface area contributed by atoms with Crippen molar-refractivity contribution >= 4 is 28.8 Å². The van der Waals surface area contributed by atoms with Gasteiger partial charge in [0.15, 0.2) is 11.6 Å². The van der Waals surface area contributed by atoms with Crippen molar-refractivity contribution in [2.45, 2.75) is 32.2 Å². The number of nitrogens with zero attached hydrogens (tertiary/aromatic N) is 4. The molecule has 1 aromatic carbocycles. The second kappa shape index (κ2) is 6.84. The van der Waals surface area contributed by atoms with Crippen LogP contribution < -0.4 is 10.2 Å². The molecule has 0 spiro atoms. The predicted molar refractivity (Wildman–Crippen MR) is 116 cm³/mol. The number of rotatable bonds is 3. The van der Waals surface area contributed by atoms with Crippen molar-refractivity contribution < 1.29 is 4.79 Å². The number of aromatic nitrogens is 3. The number of Topliss-reactive ketones (excluding diaryl/α,β-unsaturated/α-hetero) is 1. The zero-order chi connectivity index (χ0) is 20.1. The van der Waals surface area contributed by atoms with Crippen molar-refractivity contribution in [2.75, 3.05) is 24.3 Å². The third-order valence-electron chi connectivity index (χ3n) is 5.66. The van der Waals surface area contributed by atoms with Gasteiger partial charge >= 0.3 is 0 Å². The Balaban J connectivity index is 1.62. The van der Waals surface area contributed by atoms with Gasteiger partial charge < -0.3 is 10.2 Å². The molecule has 0 amide bonds. The largest absolute Gasteiger partial charge is 0.378 e. The summed E-state index contributed by atoms with van der Waals surface area (Å²) < 4.78 is 1.90. The van der Waals surface area contributed by atoms with Gasteiger partial charge in [-0.1, -0.05) is 0 Å². The lowest BCUT2D eigenvalue weighted by Crippen LogP contribution is -2.31. The molecule has 2 aliphatic rings. The molecule has 1 aliphatic carbocycles. The zero-order valence-corrected chi connectivity index (χ0v) is 17.6. The van der Waals surface area contributed by atoms with Gasteiger partial charge in [-0.2, -0.15) is 4.98 Å².